The van der Waals surface area contributed by atoms with Gasteiger partial charge in [0, 0.05) is 38.2 Å². The van der Waals surface area contributed by atoms with Gasteiger partial charge in [0.1, 0.15) is 10.8 Å². The molecule has 0 unspecified atom stereocenters. The number of amides is 1. The summed E-state index contributed by atoms with van der Waals surface area (Å²) in [5.74, 6) is -1.15. The summed E-state index contributed by atoms with van der Waals surface area (Å²) < 4.78 is 20.3. The number of aromatic nitrogens is 3. The van der Waals surface area contributed by atoms with Crippen LogP contribution < -0.4 is 5.43 Å². The highest BCUT2D eigenvalue weighted by molar-refractivity contribution is 7.14. The number of aromatic hydroxyl groups is 1. The molecule has 1 aromatic carbocycles. The van der Waals surface area contributed by atoms with Crippen molar-refractivity contribution in [1.82, 2.24) is 19.7 Å². The summed E-state index contributed by atoms with van der Waals surface area (Å²) in [6, 6.07) is 6.11. The van der Waals surface area contributed by atoms with Crippen LogP contribution in [0.2, 0.25) is 0 Å². The molecule has 1 amide bonds. The molecule has 0 radical (unpaired) electrons. The second-order valence-electron chi connectivity index (χ2n) is 8.97. The Labute approximate surface area is 199 Å². The van der Waals surface area contributed by atoms with Gasteiger partial charge in [-0.25, -0.2) is 4.39 Å². The van der Waals surface area contributed by atoms with Crippen molar-refractivity contribution < 1.29 is 19.0 Å². The molecule has 3 heterocycles. The quantitative estimate of drug-likeness (QED) is 0.553. The van der Waals surface area contributed by atoms with Crippen molar-refractivity contribution in [3.8, 4) is 16.3 Å². The predicted molar refractivity (Wildman–Crippen MR) is 125 cm³/mol. The normalized spacial score (nSPS) is 18.7. The number of rotatable bonds is 7. The fourth-order valence-electron chi connectivity index (χ4n) is 4.49. The zero-order valence-electron chi connectivity index (χ0n) is 18.9. The molecule has 1 N–H and O–H groups in total. The van der Waals surface area contributed by atoms with Gasteiger partial charge >= 0.3 is 0 Å². The molecule has 0 saturated heterocycles. The van der Waals surface area contributed by atoms with Crippen LogP contribution in [0.25, 0.3) is 10.6 Å². The smallest absolute Gasteiger partial charge is 0.274 e. The number of pyridine rings is 1. The number of fused-ring (bicyclic) bond motifs is 1. The number of hydrogen-bond donors (Lipinski definition) is 1. The van der Waals surface area contributed by atoms with E-state index in [1.807, 2.05) is 6.92 Å². The van der Waals surface area contributed by atoms with Gasteiger partial charge in [0.15, 0.2) is 16.5 Å². The van der Waals surface area contributed by atoms with Gasteiger partial charge in [-0.1, -0.05) is 30.4 Å². The van der Waals surface area contributed by atoms with Crippen molar-refractivity contribution in [2.45, 2.75) is 38.3 Å². The maximum atomic E-state index is 13.2. The Kier molecular flexibility index (Phi) is 5.95. The Morgan fingerprint density at radius 2 is 1.97 bits per heavy atom. The zero-order valence-corrected chi connectivity index (χ0v) is 19.7. The molecule has 10 heteroatoms. The van der Waals surface area contributed by atoms with E-state index in [0.29, 0.717) is 29.6 Å². The van der Waals surface area contributed by atoms with Gasteiger partial charge in [0.2, 0.25) is 5.43 Å². The third-order valence-corrected chi connectivity index (χ3v) is 7.41. The summed E-state index contributed by atoms with van der Waals surface area (Å²) in [6.07, 6.45) is 3.93. The van der Waals surface area contributed by atoms with Gasteiger partial charge in [-0.15, -0.1) is 10.2 Å². The van der Waals surface area contributed by atoms with Crippen molar-refractivity contribution in [3.63, 3.8) is 0 Å². The molecule has 3 aromatic rings. The first-order valence-corrected chi connectivity index (χ1v) is 12.0. The highest BCUT2D eigenvalue weighted by Gasteiger charge is 2.43. The lowest BCUT2D eigenvalue weighted by molar-refractivity contribution is 0.0544. The van der Waals surface area contributed by atoms with Crippen molar-refractivity contribution >= 4 is 17.2 Å². The number of nitrogens with zero attached hydrogens (tertiary/aromatic N) is 4. The van der Waals surface area contributed by atoms with Gasteiger partial charge in [0.25, 0.3) is 5.91 Å². The summed E-state index contributed by atoms with van der Waals surface area (Å²) in [5, 5.41) is 20.3. The zero-order chi connectivity index (χ0) is 24.0. The molecule has 1 saturated carbocycles. The number of halogens is 1. The van der Waals surface area contributed by atoms with E-state index in [1.54, 1.807) is 34.9 Å². The highest BCUT2D eigenvalue weighted by Crippen LogP contribution is 2.38. The average Bonchev–Trinajstić information content (AvgIpc) is 3.56. The number of ether oxygens (including phenoxy) is 1. The second kappa shape index (κ2) is 8.92. The van der Waals surface area contributed by atoms with E-state index in [-0.39, 0.29) is 41.0 Å². The van der Waals surface area contributed by atoms with Crippen LogP contribution in [-0.2, 0) is 11.2 Å². The first kappa shape index (κ1) is 22.7. The maximum Gasteiger partial charge on any atom is 0.274 e. The average molecular weight is 485 g/mol. The van der Waals surface area contributed by atoms with E-state index in [4.69, 9.17) is 4.74 Å². The molecule has 0 spiro atoms. The van der Waals surface area contributed by atoms with Crippen molar-refractivity contribution in [2.75, 3.05) is 20.3 Å². The second-order valence-corrected chi connectivity index (χ2v) is 10.0. The molecule has 1 aliphatic heterocycles. The lowest BCUT2D eigenvalue weighted by atomic mass is 9.97. The van der Waals surface area contributed by atoms with Crippen LogP contribution in [0.3, 0.4) is 0 Å². The number of benzene rings is 1. The van der Waals surface area contributed by atoms with E-state index in [2.05, 4.69) is 10.2 Å². The van der Waals surface area contributed by atoms with E-state index in [1.165, 1.54) is 23.5 Å². The molecule has 178 valence electrons. The van der Waals surface area contributed by atoms with Crippen LogP contribution in [0.1, 0.15) is 46.9 Å². The van der Waals surface area contributed by atoms with E-state index in [0.717, 1.165) is 18.4 Å². The molecular weight excluding hydrogens is 459 g/mol. The van der Waals surface area contributed by atoms with E-state index in [9.17, 15) is 19.1 Å². The van der Waals surface area contributed by atoms with Gasteiger partial charge < -0.3 is 19.3 Å². The Balaban J connectivity index is 1.54. The minimum absolute atomic E-state index is 0.0240. The molecule has 1 fully saturated rings. The summed E-state index contributed by atoms with van der Waals surface area (Å²) in [7, 11) is 1.63. The van der Waals surface area contributed by atoms with Crippen molar-refractivity contribution in [1.29, 1.82) is 0 Å². The molecule has 34 heavy (non-hydrogen) atoms. The third kappa shape index (κ3) is 4.12. The van der Waals surface area contributed by atoms with Crippen LogP contribution in [-0.4, -0.2) is 57.0 Å². The number of carbonyl (C=O) groups excluding carboxylic acids is 1. The van der Waals surface area contributed by atoms with Crippen LogP contribution >= 0.6 is 11.3 Å². The molecule has 1 aliphatic carbocycles. The Morgan fingerprint density at radius 3 is 2.65 bits per heavy atom. The van der Waals surface area contributed by atoms with Gasteiger partial charge in [-0.05, 0) is 30.5 Å². The molecule has 2 aliphatic rings. The monoisotopic (exact) mass is 484 g/mol. The predicted octanol–water partition coefficient (Wildman–Crippen LogP) is 3.24. The van der Waals surface area contributed by atoms with Gasteiger partial charge in [-0.2, -0.15) is 0 Å². The maximum absolute atomic E-state index is 13.2. The number of methoxy groups -OCH3 is 1. The lowest BCUT2D eigenvalue weighted by Gasteiger charge is -2.39. The van der Waals surface area contributed by atoms with Crippen LogP contribution in [0, 0.1) is 11.7 Å². The molecule has 0 bridgehead atoms. The minimum atomic E-state index is -0.639. The minimum Gasteiger partial charge on any atom is -0.503 e. The van der Waals surface area contributed by atoms with Crippen molar-refractivity contribution in [3.05, 3.63) is 62.8 Å². The summed E-state index contributed by atoms with van der Waals surface area (Å²) in [6.45, 7) is 2.99. The topological polar surface area (TPSA) is 97.6 Å². The lowest BCUT2D eigenvalue weighted by Crippen LogP contribution is -2.47. The first-order chi connectivity index (χ1) is 16.4. The summed E-state index contributed by atoms with van der Waals surface area (Å²) in [4.78, 5) is 28.1. The van der Waals surface area contributed by atoms with Gasteiger partial charge in [-0.3, -0.25) is 9.59 Å². The number of hydrogen-bond acceptors (Lipinski definition) is 7. The van der Waals surface area contributed by atoms with Crippen LogP contribution in [0.15, 0.2) is 35.3 Å². The third-order valence-electron chi connectivity index (χ3n) is 6.45. The summed E-state index contributed by atoms with van der Waals surface area (Å²) >= 11 is 1.23. The Bertz CT molecular complexity index is 1290. The summed E-state index contributed by atoms with van der Waals surface area (Å²) in [5.41, 5.74) is 0.454. The number of carbonyl (C=O) groups is 1. The fourth-order valence-corrected chi connectivity index (χ4v) is 5.37. The standard InChI is InChI=1S/C24H25FN4O4S/c1-13(12-33-2)18-11-28(16-7-8-16)24(32)20-22(31)21(30)17(10-29(18)20)23-27-26-19(34-23)9-14-3-5-15(25)6-4-14/h3-6,10,13,16,18,31H,7-9,11-12H2,1-2H3/t13-,18+/m0/s1. The Hall–Kier alpha value is -3.11. The van der Waals surface area contributed by atoms with Crippen LogP contribution in [0.4, 0.5) is 4.39 Å². The molecular formula is C24H25FN4O4S. The van der Waals surface area contributed by atoms with Gasteiger partial charge in [0.05, 0.1) is 18.2 Å². The van der Waals surface area contributed by atoms with E-state index < -0.39 is 11.2 Å². The first-order valence-electron chi connectivity index (χ1n) is 11.2. The fraction of sp³-hybridized carbons (Fsp3) is 0.417. The molecule has 2 atom stereocenters. The molecule has 2 aromatic heterocycles. The SMILES string of the molecule is COC[C@H](C)[C@H]1CN(C2CC2)C(=O)c2c(O)c(=O)c(-c3nnc(Cc4ccc(F)cc4)s3)cn21. The molecule has 5 rings (SSSR count). The molecule has 8 nitrogen and oxygen atoms in total. The Morgan fingerprint density at radius 1 is 1.24 bits per heavy atom. The largest absolute Gasteiger partial charge is 0.503 e. The highest BCUT2D eigenvalue weighted by atomic mass is 32.1. The van der Waals surface area contributed by atoms with E-state index >= 15 is 0 Å². The van der Waals surface area contributed by atoms with Crippen molar-refractivity contribution in [2.24, 2.45) is 5.92 Å². The van der Waals surface area contributed by atoms with Crippen LogP contribution in [0.5, 0.6) is 5.75 Å².